The molecule has 1 aromatic carbocycles. The summed E-state index contributed by atoms with van der Waals surface area (Å²) in [5, 5.41) is 2.67. The highest BCUT2D eigenvalue weighted by molar-refractivity contribution is 6.29. The van der Waals surface area contributed by atoms with E-state index < -0.39 is 0 Å². The number of carbonyl (C=O) groups is 2. The number of halogens is 1. The molecule has 0 radical (unpaired) electrons. The molecule has 0 fully saturated rings. The van der Waals surface area contributed by atoms with Gasteiger partial charge < -0.3 is 10.2 Å². The minimum Gasteiger partial charge on any atom is -0.341 e. The summed E-state index contributed by atoms with van der Waals surface area (Å²) in [6.07, 6.45) is 0.808. The molecule has 0 saturated carbocycles. The molecule has 5 heteroatoms. The molecule has 1 aliphatic heterocycles. The van der Waals surface area contributed by atoms with Crippen molar-refractivity contribution in [3.05, 3.63) is 29.3 Å². The fourth-order valence-electron chi connectivity index (χ4n) is 1.88. The van der Waals surface area contributed by atoms with Crippen molar-refractivity contribution in [1.29, 1.82) is 0 Å². The molecule has 1 heterocycles. The average molecular weight is 253 g/mol. The van der Waals surface area contributed by atoms with Crippen molar-refractivity contribution in [2.24, 2.45) is 0 Å². The minimum absolute atomic E-state index is 0.0291. The van der Waals surface area contributed by atoms with Crippen LogP contribution in [0.15, 0.2) is 18.2 Å². The zero-order chi connectivity index (χ0) is 12.4. The molecule has 0 bridgehead atoms. The van der Waals surface area contributed by atoms with Gasteiger partial charge in [-0.2, -0.15) is 0 Å². The van der Waals surface area contributed by atoms with Crippen LogP contribution in [0, 0.1) is 0 Å². The highest BCUT2D eigenvalue weighted by atomic mass is 35.5. The summed E-state index contributed by atoms with van der Waals surface area (Å²) in [7, 11) is 1.79. The Bertz CT molecular complexity index is 474. The van der Waals surface area contributed by atoms with Gasteiger partial charge in [-0.1, -0.05) is 0 Å². The van der Waals surface area contributed by atoms with E-state index in [1.54, 1.807) is 24.1 Å². The maximum Gasteiger partial charge on any atom is 0.253 e. The number of rotatable bonds is 2. The summed E-state index contributed by atoms with van der Waals surface area (Å²) >= 11 is 5.41. The average Bonchev–Trinajstić information content (AvgIpc) is 2.34. The van der Waals surface area contributed by atoms with Crippen LogP contribution in [0.1, 0.15) is 15.9 Å². The predicted octanol–water partition coefficient (Wildman–Crippen LogP) is 1.49. The molecule has 0 unspecified atom stereocenters. The molecule has 4 nitrogen and oxygen atoms in total. The maximum atomic E-state index is 11.8. The zero-order valence-electron chi connectivity index (χ0n) is 9.50. The predicted molar refractivity (Wildman–Crippen MR) is 66.5 cm³/mol. The maximum absolute atomic E-state index is 11.8. The number of hydrogen-bond donors (Lipinski definition) is 1. The Hall–Kier alpha value is -1.55. The molecule has 90 valence electrons. The van der Waals surface area contributed by atoms with Gasteiger partial charge >= 0.3 is 0 Å². The van der Waals surface area contributed by atoms with Crippen LogP contribution in [0.4, 0.5) is 5.69 Å². The fourth-order valence-corrected chi connectivity index (χ4v) is 1.94. The number of fused-ring (bicyclic) bond motifs is 1. The van der Waals surface area contributed by atoms with Crippen molar-refractivity contribution >= 4 is 29.1 Å². The van der Waals surface area contributed by atoms with Crippen molar-refractivity contribution in [2.75, 3.05) is 24.8 Å². The molecule has 17 heavy (non-hydrogen) atoms. The summed E-state index contributed by atoms with van der Waals surface area (Å²) in [6.45, 7) is 0.707. The Balaban J connectivity index is 2.26. The SMILES string of the molecule is CN1CCc2cc(NC(=O)CCl)ccc2C1=O. The number of carbonyl (C=O) groups excluding carboxylic acids is 2. The lowest BCUT2D eigenvalue weighted by Gasteiger charge is -2.25. The van der Waals surface area contributed by atoms with Crippen molar-refractivity contribution in [1.82, 2.24) is 4.90 Å². The lowest BCUT2D eigenvalue weighted by Crippen LogP contribution is -2.34. The summed E-state index contributed by atoms with van der Waals surface area (Å²) in [6, 6.07) is 5.31. The van der Waals surface area contributed by atoms with E-state index in [1.807, 2.05) is 6.07 Å². The highest BCUT2D eigenvalue weighted by Crippen LogP contribution is 2.21. The zero-order valence-corrected chi connectivity index (χ0v) is 10.3. The van der Waals surface area contributed by atoms with Crippen LogP contribution in [0.25, 0.3) is 0 Å². The molecule has 2 rings (SSSR count). The third-order valence-electron chi connectivity index (χ3n) is 2.80. The molecular weight excluding hydrogens is 240 g/mol. The van der Waals surface area contributed by atoms with E-state index in [0.717, 1.165) is 12.0 Å². The molecule has 0 saturated heterocycles. The van der Waals surface area contributed by atoms with Gasteiger partial charge in [0.15, 0.2) is 0 Å². The second-order valence-corrected chi connectivity index (χ2v) is 4.30. The van der Waals surface area contributed by atoms with Gasteiger partial charge in [-0.05, 0) is 30.2 Å². The molecule has 1 N–H and O–H groups in total. The summed E-state index contributed by atoms with van der Waals surface area (Å²) in [5.41, 5.74) is 2.37. The number of likely N-dealkylation sites (N-methyl/N-ethyl adjacent to an activating group) is 1. The smallest absolute Gasteiger partial charge is 0.253 e. The first-order chi connectivity index (χ1) is 8.11. The van der Waals surface area contributed by atoms with E-state index in [4.69, 9.17) is 11.6 Å². The second-order valence-electron chi connectivity index (χ2n) is 4.03. The van der Waals surface area contributed by atoms with Crippen molar-refractivity contribution in [3.63, 3.8) is 0 Å². The van der Waals surface area contributed by atoms with E-state index in [1.165, 1.54) is 0 Å². The fraction of sp³-hybridized carbons (Fsp3) is 0.333. The number of amides is 2. The summed E-state index contributed by atoms with van der Waals surface area (Å²) in [4.78, 5) is 24.7. The van der Waals surface area contributed by atoms with E-state index >= 15 is 0 Å². The van der Waals surface area contributed by atoms with Crippen molar-refractivity contribution < 1.29 is 9.59 Å². The van der Waals surface area contributed by atoms with Crippen molar-refractivity contribution in [2.45, 2.75) is 6.42 Å². The largest absolute Gasteiger partial charge is 0.341 e. The van der Waals surface area contributed by atoms with Gasteiger partial charge in [-0.15, -0.1) is 11.6 Å². The Kier molecular flexibility index (Phi) is 3.33. The standard InChI is InChI=1S/C12H13ClN2O2/c1-15-5-4-8-6-9(14-11(16)7-13)2-3-10(8)12(15)17/h2-3,6H,4-5,7H2,1H3,(H,14,16). The molecule has 1 aromatic rings. The summed E-state index contributed by atoms with van der Waals surface area (Å²) < 4.78 is 0. The molecular formula is C12H13ClN2O2. The molecule has 0 atom stereocenters. The quantitative estimate of drug-likeness (QED) is 0.811. The first kappa shape index (κ1) is 11.9. The third-order valence-corrected chi connectivity index (χ3v) is 3.05. The van der Waals surface area contributed by atoms with E-state index in [0.29, 0.717) is 17.8 Å². The number of anilines is 1. The molecule has 1 aliphatic rings. The van der Waals surface area contributed by atoms with Crippen LogP contribution in [0.3, 0.4) is 0 Å². The molecule has 0 spiro atoms. The Labute approximate surface area is 105 Å². The first-order valence-electron chi connectivity index (χ1n) is 5.36. The van der Waals surface area contributed by atoms with Crippen LogP contribution < -0.4 is 5.32 Å². The lowest BCUT2D eigenvalue weighted by molar-refractivity contribution is -0.113. The van der Waals surface area contributed by atoms with Gasteiger partial charge in [0.2, 0.25) is 5.91 Å². The molecule has 0 aromatic heterocycles. The van der Waals surface area contributed by atoms with Gasteiger partial charge in [0, 0.05) is 24.8 Å². The van der Waals surface area contributed by atoms with Gasteiger partial charge in [0.1, 0.15) is 5.88 Å². The first-order valence-corrected chi connectivity index (χ1v) is 5.89. The van der Waals surface area contributed by atoms with Crippen molar-refractivity contribution in [3.8, 4) is 0 Å². The molecule has 2 amide bonds. The second kappa shape index (κ2) is 4.75. The Morgan fingerprint density at radius 3 is 3.00 bits per heavy atom. The van der Waals surface area contributed by atoms with Crippen LogP contribution in [-0.4, -0.2) is 36.2 Å². The van der Waals surface area contributed by atoms with E-state index in [2.05, 4.69) is 5.32 Å². The lowest BCUT2D eigenvalue weighted by atomic mass is 9.99. The van der Waals surface area contributed by atoms with Gasteiger partial charge in [-0.25, -0.2) is 0 Å². The van der Waals surface area contributed by atoms with E-state index in [9.17, 15) is 9.59 Å². The number of benzene rings is 1. The van der Waals surface area contributed by atoms with Crippen LogP contribution in [0.2, 0.25) is 0 Å². The number of alkyl halides is 1. The monoisotopic (exact) mass is 252 g/mol. The van der Waals surface area contributed by atoms with E-state index in [-0.39, 0.29) is 17.7 Å². The minimum atomic E-state index is -0.245. The van der Waals surface area contributed by atoms with Gasteiger partial charge in [-0.3, -0.25) is 9.59 Å². The third kappa shape index (κ3) is 2.42. The number of nitrogens with zero attached hydrogens (tertiary/aromatic N) is 1. The highest BCUT2D eigenvalue weighted by Gasteiger charge is 2.21. The summed E-state index contributed by atoms with van der Waals surface area (Å²) in [5.74, 6) is -0.286. The Morgan fingerprint density at radius 1 is 1.53 bits per heavy atom. The number of nitrogens with one attached hydrogen (secondary N) is 1. The van der Waals surface area contributed by atoms with Crippen LogP contribution >= 0.6 is 11.6 Å². The van der Waals surface area contributed by atoms with Gasteiger partial charge in [0.25, 0.3) is 5.91 Å². The van der Waals surface area contributed by atoms with Gasteiger partial charge in [0.05, 0.1) is 0 Å². The topological polar surface area (TPSA) is 49.4 Å². The number of hydrogen-bond acceptors (Lipinski definition) is 2. The van der Waals surface area contributed by atoms with Crippen LogP contribution in [0.5, 0.6) is 0 Å². The molecule has 0 aliphatic carbocycles. The van der Waals surface area contributed by atoms with Crippen LogP contribution in [-0.2, 0) is 11.2 Å². The normalized spacial score (nSPS) is 14.5. The Morgan fingerprint density at radius 2 is 2.29 bits per heavy atom.